The van der Waals surface area contributed by atoms with Crippen LogP contribution >= 0.6 is 11.3 Å². The molecule has 0 unspecified atom stereocenters. The van der Waals surface area contributed by atoms with E-state index < -0.39 is 0 Å². The van der Waals surface area contributed by atoms with Crippen LogP contribution in [0.1, 0.15) is 36.1 Å². The maximum atomic E-state index is 12.7. The molecular weight excluding hydrogens is 368 g/mol. The maximum Gasteiger partial charge on any atom is 0.224 e. The lowest BCUT2D eigenvalue weighted by molar-refractivity contribution is -0.127. The number of nitrogens with one attached hydrogen (secondary N) is 1. The van der Waals surface area contributed by atoms with Crippen LogP contribution in [0.25, 0.3) is 0 Å². The van der Waals surface area contributed by atoms with Gasteiger partial charge in [-0.15, -0.1) is 11.3 Å². The first-order chi connectivity index (χ1) is 13.8. The van der Waals surface area contributed by atoms with Gasteiger partial charge < -0.3 is 5.32 Å². The summed E-state index contributed by atoms with van der Waals surface area (Å²) in [5, 5.41) is 5.27. The van der Waals surface area contributed by atoms with E-state index in [4.69, 9.17) is 0 Å². The first kappa shape index (κ1) is 19.6. The molecule has 4 rings (SSSR count). The van der Waals surface area contributed by atoms with E-state index in [9.17, 15) is 4.79 Å². The van der Waals surface area contributed by atoms with Crippen molar-refractivity contribution in [3.8, 4) is 0 Å². The average Bonchev–Trinajstić information content (AvgIpc) is 3.26. The van der Waals surface area contributed by atoms with Crippen LogP contribution < -0.4 is 5.32 Å². The summed E-state index contributed by atoms with van der Waals surface area (Å²) in [5.41, 5.74) is 1.06. The Hall–Kier alpha value is -1.76. The Labute approximate surface area is 171 Å². The van der Waals surface area contributed by atoms with Gasteiger partial charge >= 0.3 is 0 Å². The molecule has 1 atom stereocenters. The fraction of sp³-hybridized carbons (Fsp3) is 0.545. The Kier molecular flexibility index (Phi) is 6.73. The topological polar surface area (TPSA) is 48.5 Å². The van der Waals surface area contributed by atoms with Crippen LogP contribution in [0.3, 0.4) is 0 Å². The van der Waals surface area contributed by atoms with Crippen LogP contribution in [-0.2, 0) is 17.9 Å². The number of carbonyl (C=O) groups is 1. The van der Waals surface area contributed by atoms with E-state index in [0.717, 1.165) is 51.1 Å². The van der Waals surface area contributed by atoms with E-state index in [1.807, 2.05) is 29.7 Å². The van der Waals surface area contributed by atoms with Gasteiger partial charge in [-0.05, 0) is 55.3 Å². The molecule has 2 fully saturated rings. The molecular formula is C22H30N4OS. The van der Waals surface area contributed by atoms with E-state index in [1.165, 1.54) is 17.7 Å². The highest BCUT2D eigenvalue weighted by atomic mass is 32.1. The van der Waals surface area contributed by atoms with Gasteiger partial charge in [-0.2, -0.15) is 0 Å². The zero-order valence-electron chi connectivity index (χ0n) is 16.4. The molecule has 0 bridgehead atoms. The van der Waals surface area contributed by atoms with Gasteiger partial charge in [0.2, 0.25) is 5.91 Å². The van der Waals surface area contributed by atoms with Gasteiger partial charge in [0.25, 0.3) is 0 Å². The fourth-order valence-electron chi connectivity index (χ4n) is 4.45. The predicted octanol–water partition coefficient (Wildman–Crippen LogP) is 3.14. The Bertz CT molecular complexity index is 728. The van der Waals surface area contributed by atoms with Crippen LogP contribution in [0, 0.1) is 5.92 Å². The minimum absolute atomic E-state index is 0.120. The molecule has 5 nitrogen and oxygen atoms in total. The molecule has 0 aromatic carbocycles. The van der Waals surface area contributed by atoms with Crippen LogP contribution in [-0.4, -0.2) is 52.9 Å². The number of amides is 1. The van der Waals surface area contributed by atoms with Crippen LogP contribution in [0.4, 0.5) is 0 Å². The normalized spacial score (nSPS) is 22.2. The number of nitrogens with zero attached hydrogens (tertiary/aromatic N) is 3. The number of thiophene rings is 1. The van der Waals surface area contributed by atoms with Crippen molar-refractivity contribution in [2.24, 2.45) is 5.92 Å². The lowest BCUT2D eigenvalue weighted by Gasteiger charge is -2.42. The Morgan fingerprint density at radius 2 is 2.07 bits per heavy atom. The standard InChI is InChI=1S/C22H30N4OS/c27-22(24-15-18-4-1-9-23-14-18)19-5-2-10-26(16-19)20-7-11-25(12-8-20)17-21-6-3-13-28-21/h1,3-4,6,9,13-14,19-20H,2,5,7-8,10-12,15-17H2,(H,24,27)/t19-/m1/s1. The van der Waals surface area contributed by atoms with E-state index in [0.29, 0.717) is 12.6 Å². The molecule has 150 valence electrons. The first-order valence-corrected chi connectivity index (χ1v) is 11.3. The van der Waals surface area contributed by atoms with Gasteiger partial charge in [0.15, 0.2) is 0 Å². The number of carbonyl (C=O) groups excluding carboxylic acids is 1. The minimum atomic E-state index is 0.120. The Morgan fingerprint density at radius 1 is 1.18 bits per heavy atom. The highest BCUT2D eigenvalue weighted by molar-refractivity contribution is 7.09. The van der Waals surface area contributed by atoms with E-state index in [-0.39, 0.29) is 11.8 Å². The molecule has 0 saturated carbocycles. The number of rotatable bonds is 6. The summed E-state index contributed by atoms with van der Waals surface area (Å²) in [4.78, 5) is 23.4. The first-order valence-electron chi connectivity index (χ1n) is 10.4. The third kappa shape index (κ3) is 5.19. The highest BCUT2D eigenvalue weighted by Crippen LogP contribution is 2.25. The van der Waals surface area contributed by atoms with Crippen molar-refractivity contribution < 1.29 is 4.79 Å². The number of hydrogen-bond acceptors (Lipinski definition) is 5. The van der Waals surface area contributed by atoms with E-state index >= 15 is 0 Å². The van der Waals surface area contributed by atoms with Gasteiger partial charge in [0.05, 0.1) is 5.92 Å². The number of pyridine rings is 1. The quantitative estimate of drug-likeness (QED) is 0.812. The van der Waals surface area contributed by atoms with Gasteiger partial charge in [0.1, 0.15) is 0 Å². The number of likely N-dealkylation sites (tertiary alicyclic amines) is 2. The number of aromatic nitrogens is 1. The van der Waals surface area contributed by atoms with Crippen LogP contribution in [0.5, 0.6) is 0 Å². The molecule has 4 heterocycles. The molecule has 2 aliphatic rings. The van der Waals surface area contributed by atoms with Gasteiger partial charge in [-0.25, -0.2) is 0 Å². The lowest BCUT2D eigenvalue weighted by atomic mass is 9.93. The SMILES string of the molecule is O=C(NCc1cccnc1)[C@@H]1CCCN(C2CCN(Cc3cccs3)CC2)C1. The molecule has 28 heavy (non-hydrogen) atoms. The smallest absolute Gasteiger partial charge is 0.224 e. The molecule has 2 aromatic heterocycles. The maximum absolute atomic E-state index is 12.7. The monoisotopic (exact) mass is 398 g/mol. The molecule has 0 spiro atoms. The average molecular weight is 399 g/mol. The van der Waals surface area contributed by atoms with Crippen molar-refractivity contribution in [2.75, 3.05) is 26.2 Å². The number of hydrogen-bond donors (Lipinski definition) is 1. The van der Waals surface area contributed by atoms with Crippen molar-refractivity contribution >= 4 is 17.2 Å². The van der Waals surface area contributed by atoms with Gasteiger partial charge in [0, 0.05) is 56.0 Å². The fourth-order valence-corrected chi connectivity index (χ4v) is 5.20. The third-order valence-corrected chi connectivity index (χ3v) is 6.91. The van der Waals surface area contributed by atoms with Crippen LogP contribution in [0.15, 0.2) is 42.0 Å². The van der Waals surface area contributed by atoms with Crippen LogP contribution in [0.2, 0.25) is 0 Å². The molecule has 2 aliphatic heterocycles. The second kappa shape index (κ2) is 9.63. The molecule has 2 aromatic rings. The van der Waals surface area contributed by atoms with Gasteiger partial charge in [-0.3, -0.25) is 19.6 Å². The molecule has 1 amide bonds. The van der Waals surface area contributed by atoms with Gasteiger partial charge in [-0.1, -0.05) is 12.1 Å². The zero-order valence-corrected chi connectivity index (χ0v) is 17.2. The third-order valence-electron chi connectivity index (χ3n) is 6.05. The van der Waals surface area contributed by atoms with Crippen molar-refractivity contribution in [1.29, 1.82) is 0 Å². The van der Waals surface area contributed by atoms with E-state index in [2.05, 4.69) is 37.6 Å². The summed E-state index contributed by atoms with van der Waals surface area (Å²) in [7, 11) is 0. The molecule has 1 N–H and O–H groups in total. The van der Waals surface area contributed by atoms with Crippen molar-refractivity contribution in [3.05, 3.63) is 52.5 Å². The summed E-state index contributed by atoms with van der Waals surface area (Å²) >= 11 is 1.85. The summed E-state index contributed by atoms with van der Waals surface area (Å²) in [6, 6.07) is 8.92. The summed E-state index contributed by atoms with van der Waals surface area (Å²) in [6.07, 6.45) is 8.14. The lowest BCUT2D eigenvalue weighted by Crippen LogP contribution is -2.50. The Morgan fingerprint density at radius 3 is 2.82 bits per heavy atom. The summed E-state index contributed by atoms with van der Waals surface area (Å²) in [6.45, 7) is 6.04. The summed E-state index contributed by atoms with van der Waals surface area (Å²) in [5.74, 6) is 0.318. The predicted molar refractivity (Wildman–Crippen MR) is 113 cm³/mol. The second-order valence-electron chi connectivity index (χ2n) is 8.00. The number of piperidine rings is 2. The molecule has 0 radical (unpaired) electrons. The van der Waals surface area contributed by atoms with E-state index in [1.54, 1.807) is 6.20 Å². The molecule has 0 aliphatic carbocycles. The largest absolute Gasteiger partial charge is 0.352 e. The molecule has 2 saturated heterocycles. The molecule has 6 heteroatoms. The zero-order chi connectivity index (χ0) is 19.2. The second-order valence-corrected chi connectivity index (χ2v) is 9.03. The van der Waals surface area contributed by atoms with Crippen molar-refractivity contribution in [1.82, 2.24) is 20.1 Å². The Balaban J connectivity index is 1.23. The minimum Gasteiger partial charge on any atom is -0.352 e. The summed E-state index contributed by atoms with van der Waals surface area (Å²) < 4.78 is 0. The van der Waals surface area contributed by atoms with Crippen molar-refractivity contribution in [2.45, 2.75) is 44.8 Å². The highest BCUT2D eigenvalue weighted by Gasteiger charge is 2.31. The van der Waals surface area contributed by atoms with Crippen molar-refractivity contribution in [3.63, 3.8) is 0 Å².